The van der Waals surface area contributed by atoms with Crippen molar-refractivity contribution in [1.82, 2.24) is 9.88 Å². The normalized spacial score (nSPS) is 18.0. The van der Waals surface area contributed by atoms with Crippen LogP contribution < -0.4 is 0 Å². The van der Waals surface area contributed by atoms with E-state index in [0.717, 1.165) is 16.5 Å². The highest BCUT2D eigenvalue weighted by molar-refractivity contribution is 6.71. The molecule has 7 nitrogen and oxygen atoms in total. The van der Waals surface area contributed by atoms with Crippen molar-refractivity contribution < 1.29 is 23.9 Å². The number of hydrogen-bond acceptors (Lipinski definition) is 5. The number of ether oxygens (including phenoxy) is 2. The van der Waals surface area contributed by atoms with Crippen LogP contribution in [0.3, 0.4) is 0 Å². The zero-order chi connectivity index (χ0) is 26.4. The van der Waals surface area contributed by atoms with Gasteiger partial charge >= 0.3 is 11.9 Å². The third kappa shape index (κ3) is 4.89. The summed E-state index contributed by atoms with van der Waals surface area (Å²) in [4.78, 5) is 43.5. The summed E-state index contributed by atoms with van der Waals surface area (Å²) in [5, 5.41) is 0.918. The van der Waals surface area contributed by atoms with Crippen LogP contribution in [0.25, 0.3) is 10.9 Å². The summed E-state index contributed by atoms with van der Waals surface area (Å²) < 4.78 is 8.23. The summed E-state index contributed by atoms with van der Waals surface area (Å²) in [6, 6.07) is 12.4. The molecule has 0 saturated heterocycles. The molecule has 1 aliphatic rings. The Morgan fingerprint density at radius 3 is 2.28 bits per heavy atom. The minimum Gasteiger partial charge on any atom is -0.467 e. The van der Waals surface area contributed by atoms with E-state index in [1.54, 1.807) is 45.0 Å². The van der Waals surface area contributed by atoms with E-state index in [1.807, 2.05) is 24.3 Å². The van der Waals surface area contributed by atoms with Gasteiger partial charge in [0.05, 0.1) is 34.4 Å². The van der Waals surface area contributed by atoms with E-state index in [4.69, 9.17) is 36.8 Å². The molecule has 1 amide bonds. The number of aromatic amines is 1. The molecule has 2 atom stereocenters. The van der Waals surface area contributed by atoms with Gasteiger partial charge in [-0.3, -0.25) is 4.79 Å². The van der Waals surface area contributed by atoms with E-state index in [9.17, 15) is 14.4 Å². The number of nitrogens with zero attached hydrogens (tertiary/aromatic N) is 1. The molecule has 0 fully saturated rings. The van der Waals surface area contributed by atoms with E-state index in [2.05, 4.69) is 4.98 Å². The lowest BCUT2D eigenvalue weighted by Crippen LogP contribution is -2.57. The topological polar surface area (TPSA) is 88.7 Å². The molecule has 2 heterocycles. The monoisotopic (exact) mass is 502 g/mol. The van der Waals surface area contributed by atoms with E-state index in [-0.39, 0.29) is 6.42 Å². The number of aromatic nitrogens is 1. The number of carbonyl (C=O) groups excluding carboxylic acids is 3. The molecular formula is C26H25B2ClN2O5. The maximum atomic E-state index is 13.4. The molecule has 1 aromatic heterocycles. The van der Waals surface area contributed by atoms with Gasteiger partial charge in [0, 0.05) is 27.7 Å². The fourth-order valence-electron chi connectivity index (χ4n) is 4.54. The SMILES string of the molecule is [B]C([B])(Cl)C(=O)N1[C@@H](c2ccc(C(=O)OC(C)(C)C)cc2)c2[nH]c3ccccc3c2C[C@@H]1C(=O)OC. The molecule has 0 spiro atoms. The zero-order valence-electron chi connectivity index (χ0n) is 20.5. The number of H-pyrrole nitrogens is 1. The summed E-state index contributed by atoms with van der Waals surface area (Å²) in [5.41, 5.74) is 2.69. The molecule has 10 heteroatoms. The molecule has 0 aliphatic carbocycles. The number of methoxy groups -OCH3 is 1. The van der Waals surface area contributed by atoms with Gasteiger partial charge in [0.25, 0.3) is 0 Å². The van der Waals surface area contributed by atoms with Crippen molar-refractivity contribution >= 4 is 56.0 Å². The van der Waals surface area contributed by atoms with Crippen LogP contribution in [0.1, 0.15) is 54.0 Å². The number of halogens is 1. The largest absolute Gasteiger partial charge is 0.467 e. The molecule has 1 N–H and O–H groups in total. The minimum atomic E-state index is -2.26. The average molecular weight is 503 g/mol. The highest BCUT2D eigenvalue weighted by atomic mass is 35.5. The third-order valence-electron chi connectivity index (χ3n) is 6.03. The van der Waals surface area contributed by atoms with Crippen LogP contribution in [-0.2, 0) is 25.5 Å². The van der Waals surface area contributed by atoms with Crippen LogP contribution in [0.4, 0.5) is 0 Å². The second kappa shape index (κ2) is 9.36. The second-order valence-corrected chi connectivity index (χ2v) is 10.4. The summed E-state index contributed by atoms with van der Waals surface area (Å²) in [7, 11) is 12.8. The number of para-hydroxylation sites is 1. The molecule has 182 valence electrons. The Bertz CT molecular complexity index is 1320. The summed E-state index contributed by atoms with van der Waals surface area (Å²) in [6.07, 6.45) is 0.178. The zero-order valence-corrected chi connectivity index (χ0v) is 21.3. The minimum absolute atomic E-state index is 0.178. The fourth-order valence-corrected chi connectivity index (χ4v) is 4.64. The van der Waals surface area contributed by atoms with Gasteiger partial charge < -0.3 is 19.4 Å². The van der Waals surface area contributed by atoms with Gasteiger partial charge in [0.15, 0.2) is 0 Å². The van der Waals surface area contributed by atoms with Crippen molar-refractivity contribution in [3.8, 4) is 0 Å². The smallest absolute Gasteiger partial charge is 0.338 e. The summed E-state index contributed by atoms with van der Waals surface area (Å²) >= 11 is 6.06. The van der Waals surface area contributed by atoms with Crippen LogP contribution in [0.2, 0.25) is 0 Å². The van der Waals surface area contributed by atoms with E-state index in [1.165, 1.54) is 12.0 Å². The van der Waals surface area contributed by atoms with Crippen LogP contribution in [0.5, 0.6) is 0 Å². The average Bonchev–Trinajstić information content (AvgIpc) is 3.18. The fraction of sp³-hybridized carbons (Fsp3) is 0.346. The predicted molar refractivity (Wildman–Crippen MR) is 138 cm³/mol. The first-order chi connectivity index (χ1) is 16.8. The van der Waals surface area contributed by atoms with E-state index < -0.39 is 40.2 Å². The highest BCUT2D eigenvalue weighted by Gasteiger charge is 2.46. The van der Waals surface area contributed by atoms with Crippen LogP contribution >= 0.6 is 11.6 Å². The van der Waals surface area contributed by atoms with Crippen molar-refractivity contribution in [2.24, 2.45) is 0 Å². The van der Waals surface area contributed by atoms with Gasteiger partial charge in [0.2, 0.25) is 5.91 Å². The maximum absolute atomic E-state index is 13.4. The maximum Gasteiger partial charge on any atom is 0.338 e. The van der Waals surface area contributed by atoms with Gasteiger partial charge in [-0.2, -0.15) is 0 Å². The summed E-state index contributed by atoms with van der Waals surface area (Å²) in [5.74, 6) is -1.95. The van der Waals surface area contributed by atoms with Gasteiger partial charge in [-0.25, -0.2) is 9.59 Å². The number of carbonyl (C=O) groups is 3. The van der Waals surface area contributed by atoms with Gasteiger partial charge in [0.1, 0.15) is 11.6 Å². The Labute approximate surface area is 217 Å². The molecular weight excluding hydrogens is 477 g/mol. The first-order valence-corrected chi connectivity index (χ1v) is 11.8. The Balaban J connectivity index is 1.89. The quantitative estimate of drug-likeness (QED) is 0.336. The van der Waals surface area contributed by atoms with Crippen molar-refractivity contribution in [2.45, 2.75) is 49.5 Å². The number of rotatable bonds is 4. The predicted octanol–water partition coefficient (Wildman–Crippen LogP) is 3.37. The van der Waals surface area contributed by atoms with Crippen molar-refractivity contribution in [3.63, 3.8) is 0 Å². The van der Waals surface area contributed by atoms with Crippen molar-refractivity contribution in [3.05, 3.63) is 70.9 Å². The Kier molecular flexibility index (Phi) is 6.73. The van der Waals surface area contributed by atoms with Gasteiger partial charge in [-0.05, 0) is 50.1 Å². The number of hydrogen-bond donors (Lipinski definition) is 1. The lowest BCUT2D eigenvalue weighted by molar-refractivity contribution is -0.154. The van der Waals surface area contributed by atoms with E-state index >= 15 is 0 Å². The third-order valence-corrected chi connectivity index (χ3v) is 6.19. The molecule has 1 aliphatic heterocycles. The van der Waals surface area contributed by atoms with Crippen molar-refractivity contribution in [1.29, 1.82) is 0 Å². The molecule has 4 rings (SSSR count). The van der Waals surface area contributed by atoms with Crippen LogP contribution in [-0.4, -0.2) is 66.8 Å². The number of fused-ring (bicyclic) bond motifs is 3. The number of alkyl halides is 1. The number of nitrogens with one attached hydrogen (secondary N) is 1. The Hall–Kier alpha value is -3.19. The Morgan fingerprint density at radius 1 is 1.06 bits per heavy atom. The first-order valence-electron chi connectivity index (χ1n) is 11.4. The van der Waals surface area contributed by atoms with E-state index in [0.29, 0.717) is 16.8 Å². The molecule has 36 heavy (non-hydrogen) atoms. The standard InChI is InChI=1S/C26H25B2ClN2O5/c1-25(2,3)36-22(32)15-11-9-14(10-12-15)21-20-17(16-7-5-6-8-18(16)30-20)13-19(23(33)35-4)31(21)24(34)26(27,28)29/h5-12,19,21,30H,13H2,1-4H3/t19-,21+/m1/s1. The summed E-state index contributed by atoms with van der Waals surface area (Å²) in [6.45, 7) is 5.35. The molecule has 4 radical (unpaired) electrons. The second-order valence-electron chi connectivity index (χ2n) is 9.81. The lowest BCUT2D eigenvalue weighted by Gasteiger charge is -2.43. The van der Waals surface area contributed by atoms with Gasteiger partial charge in [-0.15, -0.1) is 11.6 Å². The molecule has 0 unspecified atom stereocenters. The number of amides is 1. The van der Waals surface area contributed by atoms with Crippen molar-refractivity contribution in [2.75, 3.05) is 7.11 Å². The molecule has 2 aromatic carbocycles. The number of benzene rings is 2. The van der Waals surface area contributed by atoms with Gasteiger partial charge in [-0.1, -0.05) is 30.3 Å². The molecule has 0 bridgehead atoms. The van der Waals surface area contributed by atoms with Crippen LogP contribution in [0, 0.1) is 0 Å². The lowest BCUT2D eigenvalue weighted by atomic mass is 9.68. The Morgan fingerprint density at radius 2 is 1.69 bits per heavy atom. The molecule has 0 saturated carbocycles. The first kappa shape index (κ1) is 25.9. The van der Waals surface area contributed by atoms with Crippen LogP contribution in [0.15, 0.2) is 48.5 Å². The number of esters is 2. The molecule has 3 aromatic rings. The highest BCUT2D eigenvalue weighted by Crippen LogP contribution is 2.42.